The predicted molar refractivity (Wildman–Crippen MR) is 108 cm³/mol. The smallest absolute Gasteiger partial charge is 0.410 e. The number of benzene rings is 1. The van der Waals surface area contributed by atoms with E-state index in [4.69, 9.17) is 9.47 Å². The van der Waals surface area contributed by atoms with Crippen LogP contribution in [0, 0.1) is 19.8 Å². The molecule has 0 saturated carbocycles. The lowest BCUT2D eigenvalue weighted by molar-refractivity contribution is -0.0755. The van der Waals surface area contributed by atoms with Crippen molar-refractivity contribution < 1.29 is 19.1 Å². The molecular weight excluding hydrogens is 368 g/mol. The summed E-state index contributed by atoms with van der Waals surface area (Å²) in [5, 5.41) is 0. The molecule has 1 aromatic heterocycles. The molecule has 6 heteroatoms. The topological polar surface area (TPSA) is 68.7 Å². The SMILES string of the molecule is Cc1ccc(C(=O)C2CC3COCC(C2)N3C(=O)OCc2ccccc2)c(C)n1. The van der Waals surface area contributed by atoms with Gasteiger partial charge in [0.25, 0.3) is 0 Å². The maximum atomic E-state index is 13.1. The van der Waals surface area contributed by atoms with Crippen molar-refractivity contribution >= 4 is 11.9 Å². The first-order valence-corrected chi connectivity index (χ1v) is 10.1. The number of aryl methyl sites for hydroxylation is 2. The van der Waals surface area contributed by atoms with E-state index >= 15 is 0 Å². The molecule has 1 aromatic carbocycles. The zero-order valence-corrected chi connectivity index (χ0v) is 16.8. The lowest BCUT2D eigenvalue weighted by atomic mass is 9.80. The van der Waals surface area contributed by atoms with E-state index in [-0.39, 0.29) is 36.5 Å². The highest BCUT2D eigenvalue weighted by atomic mass is 16.6. The number of rotatable bonds is 4. The maximum absolute atomic E-state index is 13.1. The Labute approximate surface area is 170 Å². The number of morpholine rings is 1. The average Bonchev–Trinajstić information content (AvgIpc) is 2.71. The second kappa shape index (κ2) is 8.33. The molecule has 29 heavy (non-hydrogen) atoms. The minimum absolute atomic E-state index is 0.115. The van der Waals surface area contributed by atoms with Crippen LogP contribution in [0.1, 0.15) is 40.2 Å². The van der Waals surface area contributed by atoms with Gasteiger partial charge in [-0.05, 0) is 44.4 Å². The van der Waals surface area contributed by atoms with Crippen LogP contribution in [0.25, 0.3) is 0 Å². The van der Waals surface area contributed by atoms with Crippen LogP contribution < -0.4 is 0 Å². The molecule has 2 unspecified atom stereocenters. The van der Waals surface area contributed by atoms with E-state index < -0.39 is 0 Å². The summed E-state index contributed by atoms with van der Waals surface area (Å²) in [4.78, 5) is 32.1. The lowest BCUT2D eigenvalue weighted by Gasteiger charge is -2.47. The summed E-state index contributed by atoms with van der Waals surface area (Å²) < 4.78 is 11.2. The van der Waals surface area contributed by atoms with Crippen molar-refractivity contribution in [2.45, 2.75) is 45.4 Å². The molecule has 2 fully saturated rings. The van der Waals surface area contributed by atoms with Gasteiger partial charge in [-0.15, -0.1) is 0 Å². The highest BCUT2D eigenvalue weighted by Gasteiger charge is 2.44. The minimum atomic E-state index is -0.328. The first-order valence-electron chi connectivity index (χ1n) is 10.1. The molecule has 0 radical (unpaired) electrons. The van der Waals surface area contributed by atoms with E-state index in [2.05, 4.69) is 4.98 Å². The second-order valence-electron chi connectivity index (χ2n) is 7.91. The molecule has 1 amide bonds. The van der Waals surface area contributed by atoms with Crippen LogP contribution in [0.2, 0.25) is 0 Å². The number of hydrogen-bond donors (Lipinski definition) is 0. The van der Waals surface area contributed by atoms with Gasteiger partial charge in [-0.25, -0.2) is 4.79 Å². The van der Waals surface area contributed by atoms with Crippen LogP contribution in [0.5, 0.6) is 0 Å². The first kappa shape index (κ1) is 19.6. The average molecular weight is 394 g/mol. The number of ether oxygens (including phenoxy) is 2. The number of amides is 1. The van der Waals surface area contributed by atoms with Crippen molar-refractivity contribution in [2.24, 2.45) is 5.92 Å². The third kappa shape index (κ3) is 4.17. The van der Waals surface area contributed by atoms with E-state index in [1.54, 1.807) is 4.90 Å². The number of pyridine rings is 1. The van der Waals surface area contributed by atoms with Crippen molar-refractivity contribution in [1.82, 2.24) is 9.88 Å². The molecule has 0 N–H and O–H groups in total. The van der Waals surface area contributed by atoms with Gasteiger partial charge in [0.2, 0.25) is 0 Å². The number of ketones is 1. The number of piperidine rings is 1. The Balaban J connectivity index is 1.44. The zero-order chi connectivity index (χ0) is 20.4. The van der Waals surface area contributed by atoms with Crippen molar-refractivity contribution in [3.05, 3.63) is 65.0 Å². The van der Waals surface area contributed by atoms with Gasteiger partial charge in [0.05, 0.1) is 25.3 Å². The monoisotopic (exact) mass is 394 g/mol. The normalized spacial score (nSPS) is 23.5. The number of Topliss-reactive ketones (excluding diaryl/α,β-unsaturated/α-hetero) is 1. The first-order chi connectivity index (χ1) is 14.0. The molecule has 2 aliphatic heterocycles. The van der Waals surface area contributed by atoms with Crippen molar-refractivity contribution in [3.8, 4) is 0 Å². The Bertz CT molecular complexity index is 885. The quantitative estimate of drug-likeness (QED) is 0.740. The van der Waals surface area contributed by atoms with Gasteiger partial charge < -0.3 is 9.47 Å². The predicted octanol–water partition coefficient (Wildman–Crippen LogP) is 3.70. The molecule has 4 rings (SSSR count). The summed E-state index contributed by atoms with van der Waals surface area (Å²) in [7, 11) is 0. The lowest BCUT2D eigenvalue weighted by Crippen LogP contribution is -2.60. The fourth-order valence-corrected chi connectivity index (χ4v) is 4.39. The van der Waals surface area contributed by atoms with Gasteiger partial charge in [-0.3, -0.25) is 14.7 Å². The van der Waals surface area contributed by atoms with E-state index in [1.807, 2.05) is 56.3 Å². The summed E-state index contributed by atoms with van der Waals surface area (Å²) in [6.07, 6.45) is 0.845. The van der Waals surface area contributed by atoms with Gasteiger partial charge in [-0.2, -0.15) is 0 Å². The molecule has 2 bridgehead atoms. The fraction of sp³-hybridized carbons (Fsp3) is 0.435. The fourth-order valence-electron chi connectivity index (χ4n) is 4.39. The number of hydrogen-bond acceptors (Lipinski definition) is 5. The van der Waals surface area contributed by atoms with Crippen molar-refractivity contribution in [3.63, 3.8) is 0 Å². The number of aromatic nitrogens is 1. The second-order valence-corrected chi connectivity index (χ2v) is 7.91. The number of carbonyl (C=O) groups is 2. The van der Waals surface area contributed by atoms with Crippen LogP contribution in [0.4, 0.5) is 4.79 Å². The van der Waals surface area contributed by atoms with Gasteiger partial charge >= 0.3 is 6.09 Å². The van der Waals surface area contributed by atoms with E-state index in [0.29, 0.717) is 31.6 Å². The van der Waals surface area contributed by atoms with E-state index in [0.717, 1.165) is 17.0 Å². The summed E-state index contributed by atoms with van der Waals surface area (Å²) in [5.41, 5.74) is 3.30. The summed E-state index contributed by atoms with van der Waals surface area (Å²) in [6.45, 7) is 4.91. The number of fused-ring (bicyclic) bond motifs is 2. The van der Waals surface area contributed by atoms with E-state index in [9.17, 15) is 9.59 Å². The maximum Gasteiger partial charge on any atom is 0.410 e. The standard InChI is InChI=1S/C23H26N2O4/c1-15-8-9-21(16(2)24-15)22(26)18-10-19-13-28-14-20(11-18)25(19)23(27)29-12-17-6-4-3-5-7-17/h3-9,18-20H,10-14H2,1-2H3. The Hall–Kier alpha value is -2.73. The van der Waals surface area contributed by atoms with E-state index in [1.165, 1.54) is 0 Å². The number of nitrogens with zero attached hydrogens (tertiary/aromatic N) is 2. The largest absolute Gasteiger partial charge is 0.445 e. The third-order valence-electron chi connectivity index (χ3n) is 5.80. The van der Waals surface area contributed by atoms with Gasteiger partial charge in [0.15, 0.2) is 5.78 Å². The molecule has 2 saturated heterocycles. The molecule has 6 nitrogen and oxygen atoms in total. The molecule has 0 spiro atoms. The highest BCUT2D eigenvalue weighted by Crippen LogP contribution is 2.34. The Morgan fingerprint density at radius 3 is 2.41 bits per heavy atom. The Morgan fingerprint density at radius 2 is 1.76 bits per heavy atom. The van der Waals surface area contributed by atoms with Gasteiger partial charge in [0.1, 0.15) is 6.61 Å². The third-order valence-corrected chi connectivity index (χ3v) is 5.80. The van der Waals surface area contributed by atoms with Crippen LogP contribution in [0.3, 0.4) is 0 Å². The van der Waals surface area contributed by atoms with Gasteiger partial charge in [0, 0.05) is 22.9 Å². The molecule has 2 aromatic rings. The zero-order valence-electron chi connectivity index (χ0n) is 16.8. The molecule has 0 aliphatic carbocycles. The Morgan fingerprint density at radius 1 is 1.07 bits per heavy atom. The molecule has 3 heterocycles. The Kier molecular flexibility index (Phi) is 5.62. The summed E-state index contributed by atoms with van der Waals surface area (Å²) >= 11 is 0. The van der Waals surface area contributed by atoms with Crippen LogP contribution in [-0.4, -0.2) is 47.1 Å². The van der Waals surface area contributed by atoms with Crippen molar-refractivity contribution in [2.75, 3.05) is 13.2 Å². The summed E-state index contributed by atoms with van der Waals surface area (Å²) in [5.74, 6) is -0.0144. The van der Waals surface area contributed by atoms with Crippen molar-refractivity contribution in [1.29, 1.82) is 0 Å². The molecule has 2 atom stereocenters. The molecule has 2 aliphatic rings. The van der Waals surface area contributed by atoms with Crippen LogP contribution in [0.15, 0.2) is 42.5 Å². The summed E-state index contributed by atoms with van der Waals surface area (Å²) in [6, 6.07) is 13.1. The van der Waals surface area contributed by atoms with Crippen LogP contribution in [-0.2, 0) is 16.1 Å². The minimum Gasteiger partial charge on any atom is -0.445 e. The highest BCUT2D eigenvalue weighted by molar-refractivity contribution is 5.99. The van der Waals surface area contributed by atoms with Gasteiger partial charge in [-0.1, -0.05) is 30.3 Å². The molecule has 152 valence electrons. The van der Waals surface area contributed by atoms with Crippen LogP contribution >= 0.6 is 0 Å². The molecular formula is C23H26N2O4. The number of carbonyl (C=O) groups excluding carboxylic acids is 2.